The Morgan fingerprint density at radius 1 is 0.861 bits per heavy atom. The summed E-state index contributed by atoms with van der Waals surface area (Å²) in [4.78, 5) is 17.9. The Labute approximate surface area is 214 Å². The highest BCUT2D eigenvalue weighted by molar-refractivity contribution is 6.30. The summed E-state index contributed by atoms with van der Waals surface area (Å²) < 4.78 is 53.8. The van der Waals surface area contributed by atoms with Gasteiger partial charge in [0.2, 0.25) is 0 Å². The molecule has 4 aromatic rings. The van der Waals surface area contributed by atoms with Gasteiger partial charge in [-0.1, -0.05) is 65.7 Å². The summed E-state index contributed by atoms with van der Waals surface area (Å²) in [6.07, 6.45) is -3.37. The molecule has 1 atom stereocenters. The Bertz CT molecular complexity index is 1380. The normalized spacial score (nSPS) is 13.2. The Hall–Kier alpha value is -3.42. The lowest BCUT2D eigenvalue weighted by molar-refractivity contribution is -0.140. The van der Waals surface area contributed by atoms with E-state index in [-0.39, 0.29) is 12.0 Å². The number of carbonyl (C=O) groups is 1. The first-order chi connectivity index (χ1) is 17.1. The van der Waals surface area contributed by atoms with Gasteiger partial charge in [-0.2, -0.15) is 13.2 Å². The standard InChI is InChI=1S/C27H18Cl2F4N2O/c28-20-8-4-7-19(14-20)26(15-17-5-2-1-3-6-17,24-12-10-21(29)16-34-24)35-25(36)18-9-11-23(30)22(13-18)27(31,32)33/h1-14,16H,15H2,(H,35,36). The van der Waals surface area contributed by atoms with Gasteiger partial charge in [0.1, 0.15) is 11.4 Å². The van der Waals surface area contributed by atoms with Crippen molar-refractivity contribution in [3.63, 3.8) is 0 Å². The van der Waals surface area contributed by atoms with Crippen molar-refractivity contribution >= 4 is 29.1 Å². The Kier molecular flexibility index (Phi) is 7.33. The molecule has 0 aliphatic rings. The molecule has 4 rings (SSSR count). The molecular weight excluding hydrogens is 515 g/mol. The van der Waals surface area contributed by atoms with E-state index < -0.39 is 29.0 Å². The van der Waals surface area contributed by atoms with Crippen LogP contribution in [0.4, 0.5) is 17.6 Å². The molecule has 184 valence electrons. The highest BCUT2D eigenvalue weighted by Crippen LogP contribution is 2.36. The smallest absolute Gasteiger partial charge is 0.337 e. The van der Waals surface area contributed by atoms with Gasteiger partial charge in [-0.15, -0.1) is 0 Å². The largest absolute Gasteiger partial charge is 0.419 e. The van der Waals surface area contributed by atoms with Crippen LogP contribution in [0.3, 0.4) is 0 Å². The third-order valence-electron chi connectivity index (χ3n) is 5.66. The van der Waals surface area contributed by atoms with Crippen LogP contribution in [0.5, 0.6) is 0 Å². The Morgan fingerprint density at radius 2 is 1.61 bits per heavy atom. The van der Waals surface area contributed by atoms with Crippen LogP contribution in [-0.4, -0.2) is 10.9 Å². The van der Waals surface area contributed by atoms with E-state index >= 15 is 0 Å². The predicted octanol–water partition coefficient (Wildman–Crippen LogP) is 7.46. The second-order valence-electron chi connectivity index (χ2n) is 8.09. The minimum atomic E-state index is -4.97. The summed E-state index contributed by atoms with van der Waals surface area (Å²) in [6.45, 7) is 0. The van der Waals surface area contributed by atoms with Crippen LogP contribution >= 0.6 is 23.2 Å². The van der Waals surface area contributed by atoms with Crippen molar-refractivity contribution in [3.05, 3.63) is 135 Å². The molecule has 3 aromatic carbocycles. The van der Waals surface area contributed by atoms with Crippen LogP contribution in [0.15, 0.2) is 91.1 Å². The lowest BCUT2D eigenvalue weighted by atomic mass is 9.80. The van der Waals surface area contributed by atoms with Crippen molar-refractivity contribution in [1.82, 2.24) is 10.3 Å². The van der Waals surface area contributed by atoms with Crippen LogP contribution in [0.2, 0.25) is 10.0 Å². The fraction of sp³-hybridized carbons (Fsp3) is 0.111. The van der Waals surface area contributed by atoms with Gasteiger partial charge in [0, 0.05) is 23.2 Å². The van der Waals surface area contributed by atoms with E-state index in [1.165, 1.54) is 6.20 Å². The number of hydrogen-bond acceptors (Lipinski definition) is 2. The molecule has 3 nitrogen and oxygen atoms in total. The lowest BCUT2D eigenvalue weighted by Crippen LogP contribution is -2.49. The molecule has 1 aromatic heterocycles. The number of nitrogens with one attached hydrogen (secondary N) is 1. The second-order valence-corrected chi connectivity index (χ2v) is 8.96. The minimum absolute atomic E-state index is 0.182. The molecule has 0 saturated heterocycles. The molecule has 0 aliphatic heterocycles. The first kappa shape index (κ1) is 25.7. The third kappa shape index (κ3) is 5.53. The van der Waals surface area contributed by atoms with Gasteiger partial charge in [0.25, 0.3) is 5.91 Å². The molecule has 1 heterocycles. The number of aromatic nitrogens is 1. The number of alkyl halides is 3. The molecule has 1 amide bonds. The monoisotopic (exact) mass is 532 g/mol. The number of carbonyl (C=O) groups excluding carboxylic acids is 1. The van der Waals surface area contributed by atoms with Gasteiger partial charge in [-0.3, -0.25) is 9.78 Å². The Morgan fingerprint density at radius 3 is 2.25 bits per heavy atom. The van der Waals surface area contributed by atoms with Crippen molar-refractivity contribution in [2.24, 2.45) is 0 Å². The topological polar surface area (TPSA) is 42.0 Å². The fourth-order valence-corrected chi connectivity index (χ4v) is 4.26. The van der Waals surface area contributed by atoms with E-state index in [1.807, 2.05) is 30.3 Å². The zero-order chi connectivity index (χ0) is 25.9. The molecule has 0 radical (unpaired) electrons. The zero-order valence-corrected chi connectivity index (χ0v) is 20.0. The summed E-state index contributed by atoms with van der Waals surface area (Å²) in [6, 6.07) is 21.2. The summed E-state index contributed by atoms with van der Waals surface area (Å²) in [5, 5.41) is 3.62. The maximum Gasteiger partial charge on any atom is 0.419 e. The van der Waals surface area contributed by atoms with Crippen molar-refractivity contribution in [1.29, 1.82) is 0 Å². The van der Waals surface area contributed by atoms with E-state index in [4.69, 9.17) is 23.2 Å². The van der Waals surface area contributed by atoms with E-state index in [0.717, 1.165) is 11.6 Å². The molecule has 0 aliphatic carbocycles. The van der Waals surface area contributed by atoms with Crippen molar-refractivity contribution in [3.8, 4) is 0 Å². The van der Waals surface area contributed by atoms with E-state index in [9.17, 15) is 22.4 Å². The summed E-state index contributed by atoms with van der Waals surface area (Å²) in [7, 11) is 0. The molecule has 1 unspecified atom stereocenters. The number of rotatable bonds is 6. The third-order valence-corrected chi connectivity index (χ3v) is 6.11. The number of pyridine rings is 1. The average Bonchev–Trinajstić information content (AvgIpc) is 2.84. The van der Waals surface area contributed by atoms with Crippen molar-refractivity contribution in [2.75, 3.05) is 0 Å². The molecule has 1 N–H and O–H groups in total. The zero-order valence-electron chi connectivity index (χ0n) is 18.5. The Balaban J connectivity index is 1.90. The summed E-state index contributed by atoms with van der Waals surface area (Å²) in [5.74, 6) is -2.32. The predicted molar refractivity (Wildman–Crippen MR) is 130 cm³/mol. The molecule has 0 fully saturated rings. The molecule has 0 bridgehead atoms. The van der Waals surface area contributed by atoms with Crippen LogP contribution in [0.25, 0.3) is 0 Å². The molecule has 9 heteroatoms. The number of halogens is 6. The maximum absolute atomic E-state index is 13.9. The molecular formula is C27H18Cl2F4N2O. The van der Waals surface area contributed by atoms with Gasteiger partial charge in [0.05, 0.1) is 16.3 Å². The first-order valence-corrected chi connectivity index (χ1v) is 11.5. The second kappa shape index (κ2) is 10.3. The highest BCUT2D eigenvalue weighted by atomic mass is 35.5. The summed E-state index contributed by atoms with van der Waals surface area (Å²) >= 11 is 12.3. The average molecular weight is 533 g/mol. The number of amides is 1. The highest BCUT2D eigenvalue weighted by Gasteiger charge is 2.39. The van der Waals surface area contributed by atoms with Crippen LogP contribution in [0, 0.1) is 5.82 Å². The summed E-state index contributed by atoms with van der Waals surface area (Å²) in [5.41, 5.74) is -1.52. The number of nitrogens with zero attached hydrogens (tertiary/aromatic N) is 1. The number of benzene rings is 3. The lowest BCUT2D eigenvalue weighted by Gasteiger charge is -2.35. The van der Waals surface area contributed by atoms with Gasteiger partial charge in [-0.05, 0) is 53.6 Å². The van der Waals surface area contributed by atoms with Crippen LogP contribution in [-0.2, 0) is 18.1 Å². The maximum atomic E-state index is 13.9. The fourth-order valence-electron chi connectivity index (χ4n) is 3.95. The van der Waals surface area contributed by atoms with E-state index in [0.29, 0.717) is 33.4 Å². The molecule has 36 heavy (non-hydrogen) atoms. The van der Waals surface area contributed by atoms with Gasteiger partial charge < -0.3 is 5.32 Å². The molecule has 0 spiro atoms. The van der Waals surface area contributed by atoms with Gasteiger partial charge >= 0.3 is 6.18 Å². The van der Waals surface area contributed by atoms with Crippen molar-refractivity contribution < 1.29 is 22.4 Å². The van der Waals surface area contributed by atoms with Crippen LogP contribution in [0.1, 0.15) is 32.7 Å². The van der Waals surface area contributed by atoms with Crippen LogP contribution < -0.4 is 5.32 Å². The van der Waals surface area contributed by atoms with Gasteiger partial charge in [-0.25, -0.2) is 4.39 Å². The molecule has 0 saturated carbocycles. The quantitative estimate of drug-likeness (QED) is 0.262. The first-order valence-electron chi connectivity index (χ1n) is 10.7. The van der Waals surface area contributed by atoms with E-state index in [2.05, 4.69) is 10.3 Å². The number of hydrogen-bond donors (Lipinski definition) is 1. The SMILES string of the molecule is O=C(NC(Cc1ccccc1)(c1cccc(Cl)c1)c1ccc(Cl)cn1)c1ccc(F)c(C(F)(F)F)c1. The van der Waals surface area contributed by atoms with Gasteiger partial charge in [0.15, 0.2) is 0 Å². The minimum Gasteiger partial charge on any atom is -0.337 e. The van der Waals surface area contributed by atoms with E-state index in [1.54, 1.807) is 36.4 Å². The van der Waals surface area contributed by atoms with Crippen molar-refractivity contribution in [2.45, 2.75) is 18.1 Å².